The molecule has 2 atom stereocenters. The van der Waals surface area contributed by atoms with Crippen molar-refractivity contribution in [1.29, 1.82) is 0 Å². The lowest BCUT2D eigenvalue weighted by atomic mass is 10.1. The molecule has 0 unspecified atom stereocenters. The highest BCUT2D eigenvalue weighted by molar-refractivity contribution is 7.09. The number of carbonyl (C=O) groups excluding carboxylic acids is 1. The van der Waals surface area contributed by atoms with Crippen LogP contribution in [0.2, 0.25) is 0 Å². The van der Waals surface area contributed by atoms with E-state index in [9.17, 15) is 14.7 Å². The van der Waals surface area contributed by atoms with Crippen LogP contribution in [0.4, 0.5) is 5.69 Å². The molecule has 1 amide bonds. The lowest BCUT2D eigenvalue weighted by Gasteiger charge is -2.17. The van der Waals surface area contributed by atoms with Crippen molar-refractivity contribution in [3.8, 4) is 17.0 Å². The van der Waals surface area contributed by atoms with E-state index in [-0.39, 0.29) is 18.9 Å². The van der Waals surface area contributed by atoms with Gasteiger partial charge < -0.3 is 20.3 Å². The summed E-state index contributed by atoms with van der Waals surface area (Å²) in [5.74, 6) is -0.519. The summed E-state index contributed by atoms with van der Waals surface area (Å²) in [6.07, 6.45) is -1.26. The van der Waals surface area contributed by atoms with E-state index in [0.717, 1.165) is 16.3 Å². The number of rotatable bonds is 8. The number of aromatic nitrogens is 1. The number of carbonyl (C=O) groups is 2. The van der Waals surface area contributed by atoms with Gasteiger partial charge in [0.15, 0.2) is 0 Å². The number of aliphatic carboxylic acids is 1. The predicted molar refractivity (Wildman–Crippen MR) is 126 cm³/mol. The highest BCUT2D eigenvalue weighted by atomic mass is 32.1. The lowest BCUT2D eigenvalue weighted by Crippen LogP contribution is -2.33. The Kier molecular flexibility index (Phi) is 7.02. The number of benzene rings is 2. The number of β-amino-alcohol motifs (C(OH)–C–C–N with tert-alkyl or cyclic N) is 1. The van der Waals surface area contributed by atoms with E-state index < -0.39 is 18.2 Å². The van der Waals surface area contributed by atoms with E-state index in [0.29, 0.717) is 30.1 Å². The Morgan fingerprint density at radius 2 is 2.00 bits per heavy atom. The second-order valence-electron chi connectivity index (χ2n) is 8.01. The number of anilines is 1. The molecule has 0 spiro atoms. The molecule has 1 aliphatic heterocycles. The van der Waals surface area contributed by atoms with Crippen LogP contribution < -0.4 is 10.1 Å². The fourth-order valence-corrected chi connectivity index (χ4v) is 4.39. The first kappa shape index (κ1) is 22.9. The number of hydrogen-bond acceptors (Lipinski definition) is 7. The minimum atomic E-state index is -0.895. The van der Waals surface area contributed by atoms with Gasteiger partial charge in [0.05, 0.1) is 23.7 Å². The molecule has 4 rings (SSSR count). The van der Waals surface area contributed by atoms with Crippen molar-refractivity contribution >= 4 is 28.9 Å². The van der Waals surface area contributed by atoms with Gasteiger partial charge in [0.1, 0.15) is 18.0 Å². The molecule has 0 bridgehead atoms. The van der Waals surface area contributed by atoms with E-state index >= 15 is 0 Å². The van der Waals surface area contributed by atoms with Crippen LogP contribution in [0, 0.1) is 6.92 Å². The summed E-state index contributed by atoms with van der Waals surface area (Å²) in [6, 6.07) is 14.3. The van der Waals surface area contributed by atoms with Crippen LogP contribution in [0.5, 0.6) is 5.75 Å². The number of hydrogen-bond donors (Lipinski definition) is 3. The van der Waals surface area contributed by atoms with Crippen molar-refractivity contribution in [2.45, 2.75) is 25.6 Å². The predicted octanol–water partition coefficient (Wildman–Crippen LogP) is 2.81. The number of likely N-dealkylation sites (tertiary alicyclic amines) is 1. The maximum atomic E-state index is 12.6. The first-order valence-electron chi connectivity index (χ1n) is 10.6. The third kappa shape index (κ3) is 6.16. The summed E-state index contributed by atoms with van der Waals surface area (Å²) >= 11 is 1.58. The molecule has 172 valence electrons. The Bertz CT molecular complexity index is 1130. The van der Waals surface area contributed by atoms with Gasteiger partial charge in [0.2, 0.25) is 5.91 Å². The quantitative estimate of drug-likeness (QED) is 0.467. The number of nitrogens with one attached hydrogen (secondary N) is 1. The van der Waals surface area contributed by atoms with Gasteiger partial charge in [0, 0.05) is 29.7 Å². The molecule has 1 fully saturated rings. The molecule has 2 heterocycles. The SMILES string of the molecule is Cc1nc(-c2cccc(NC(=O)CN3C[C@@H](O)[C@H](Oc4ccc(CC(=O)O)cc4)C3)c2)cs1. The molecule has 9 heteroatoms. The van der Waals surface area contributed by atoms with Crippen LogP contribution in [0.15, 0.2) is 53.9 Å². The molecule has 1 saturated heterocycles. The maximum absolute atomic E-state index is 12.6. The molecular weight excluding hydrogens is 442 g/mol. The average molecular weight is 468 g/mol. The standard InChI is InChI=1S/C24H25N3O5S/c1-15-25-20(14-33-15)17-3-2-4-18(10-17)26-23(29)13-27-11-21(28)22(12-27)32-19-7-5-16(6-8-19)9-24(30)31/h2-8,10,14,21-22,28H,9,11-13H2,1H3,(H,26,29)(H,30,31)/t21-,22-/m1/s1. The topological polar surface area (TPSA) is 112 Å². The van der Waals surface area contributed by atoms with E-state index in [1.54, 1.807) is 35.6 Å². The summed E-state index contributed by atoms with van der Waals surface area (Å²) in [7, 11) is 0. The van der Waals surface area contributed by atoms with Crippen molar-refractivity contribution in [2.75, 3.05) is 25.0 Å². The Morgan fingerprint density at radius 3 is 2.70 bits per heavy atom. The van der Waals surface area contributed by atoms with E-state index in [4.69, 9.17) is 9.84 Å². The Labute approximate surface area is 195 Å². The minimum Gasteiger partial charge on any atom is -0.486 e. The average Bonchev–Trinajstić information content (AvgIpc) is 3.34. The number of amides is 1. The monoisotopic (exact) mass is 467 g/mol. The van der Waals surface area contributed by atoms with E-state index in [2.05, 4.69) is 10.3 Å². The van der Waals surface area contributed by atoms with Crippen LogP contribution in [0.25, 0.3) is 11.3 Å². The highest BCUT2D eigenvalue weighted by Crippen LogP contribution is 2.24. The van der Waals surface area contributed by atoms with Gasteiger partial charge in [-0.25, -0.2) is 4.98 Å². The summed E-state index contributed by atoms with van der Waals surface area (Å²) in [5, 5.41) is 25.1. The second-order valence-corrected chi connectivity index (χ2v) is 9.08. The lowest BCUT2D eigenvalue weighted by molar-refractivity contribution is -0.136. The Morgan fingerprint density at radius 1 is 1.21 bits per heavy atom. The van der Waals surface area contributed by atoms with Gasteiger partial charge in [-0.05, 0) is 36.8 Å². The number of thiazole rings is 1. The Hall–Kier alpha value is -3.27. The van der Waals surface area contributed by atoms with E-state index in [1.807, 2.05) is 41.5 Å². The normalized spacial score (nSPS) is 18.2. The summed E-state index contributed by atoms with van der Waals surface area (Å²) < 4.78 is 5.87. The third-order valence-electron chi connectivity index (χ3n) is 5.31. The first-order valence-corrected chi connectivity index (χ1v) is 11.4. The zero-order valence-corrected chi connectivity index (χ0v) is 18.9. The van der Waals surface area contributed by atoms with Crippen LogP contribution >= 0.6 is 11.3 Å². The van der Waals surface area contributed by atoms with Crippen LogP contribution in [-0.2, 0) is 16.0 Å². The largest absolute Gasteiger partial charge is 0.486 e. The minimum absolute atomic E-state index is 0.0540. The molecule has 3 aromatic rings. The fourth-order valence-electron chi connectivity index (χ4n) is 3.77. The molecular formula is C24H25N3O5S. The van der Waals surface area contributed by atoms with Gasteiger partial charge in [-0.3, -0.25) is 14.5 Å². The number of carboxylic acid groups (broad SMARTS) is 1. The molecule has 1 aromatic heterocycles. The molecule has 3 N–H and O–H groups in total. The van der Waals surface area contributed by atoms with Gasteiger partial charge in [-0.1, -0.05) is 24.3 Å². The number of aryl methyl sites for hydroxylation is 1. The summed E-state index contributed by atoms with van der Waals surface area (Å²) in [5.41, 5.74) is 3.19. The number of nitrogens with zero attached hydrogens (tertiary/aromatic N) is 2. The zero-order chi connectivity index (χ0) is 23.4. The van der Waals surface area contributed by atoms with Gasteiger partial charge >= 0.3 is 5.97 Å². The molecule has 33 heavy (non-hydrogen) atoms. The van der Waals surface area contributed by atoms with Crippen molar-refractivity contribution in [3.05, 3.63) is 64.5 Å². The first-order chi connectivity index (χ1) is 15.9. The van der Waals surface area contributed by atoms with Gasteiger partial charge in [-0.2, -0.15) is 0 Å². The number of aliphatic hydroxyl groups is 1. The molecule has 0 aliphatic carbocycles. The number of aliphatic hydroxyl groups excluding tert-OH is 1. The molecule has 1 aliphatic rings. The number of ether oxygens (including phenoxy) is 1. The third-order valence-corrected chi connectivity index (χ3v) is 6.08. The van der Waals surface area contributed by atoms with Crippen molar-refractivity contribution < 1.29 is 24.5 Å². The van der Waals surface area contributed by atoms with Crippen LogP contribution in [0.1, 0.15) is 10.6 Å². The van der Waals surface area contributed by atoms with Crippen LogP contribution in [0.3, 0.4) is 0 Å². The summed E-state index contributed by atoms with van der Waals surface area (Å²) in [4.78, 5) is 29.7. The molecule has 0 saturated carbocycles. The second kappa shape index (κ2) is 10.1. The van der Waals surface area contributed by atoms with Crippen molar-refractivity contribution in [2.24, 2.45) is 0 Å². The zero-order valence-electron chi connectivity index (χ0n) is 18.1. The molecule has 8 nitrogen and oxygen atoms in total. The summed E-state index contributed by atoms with van der Waals surface area (Å²) in [6.45, 7) is 2.82. The smallest absolute Gasteiger partial charge is 0.307 e. The van der Waals surface area contributed by atoms with Gasteiger partial charge in [-0.15, -0.1) is 11.3 Å². The highest BCUT2D eigenvalue weighted by Gasteiger charge is 2.34. The molecule has 2 aromatic carbocycles. The van der Waals surface area contributed by atoms with Crippen molar-refractivity contribution in [1.82, 2.24) is 9.88 Å². The Balaban J connectivity index is 1.30. The van der Waals surface area contributed by atoms with Gasteiger partial charge in [0.25, 0.3) is 0 Å². The fraction of sp³-hybridized carbons (Fsp3) is 0.292. The van der Waals surface area contributed by atoms with Crippen molar-refractivity contribution in [3.63, 3.8) is 0 Å². The van der Waals surface area contributed by atoms with E-state index in [1.165, 1.54) is 0 Å². The number of carboxylic acids is 1. The molecule has 0 radical (unpaired) electrons. The van der Waals surface area contributed by atoms with Crippen LogP contribution in [-0.4, -0.2) is 63.8 Å². The maximum Gasteiger partial charge on any atom is 0.307 e.